The van der Waals surface area contributed by atoms with Gasteiger partial charge in [-0.15, -0.1) is 0 Å². The van der Waals surface area contributed by atoms with Gasteiger partial charge < -0.3 is 0 Å². The Morgan fingerprint density at radius 3 is 2.60 bits per heavy atom. The van der Waals surface area contributed by atoms with Gasteiger partial charge >= 0.3 is 0 Å². The van der Waals surface area contributed by atoms with Crippen LogP contribution in [0, 0.1) is 5.82 Å². The van der Waals surface area contributed by atoms with Crippen LogP contribution in [0.1, 0.15) is 18.4 Å². The first-order valence-electron chi connectivity index (χ1n) is 6.47. The maximum absolute atomic E-state index is 13.0. The van der Waals surface area contributed by atoms with Crippen LogP contribution in [0.5, 0.6) is 0 Å². The van der Waals surface area contributed by atoms with Gasteiger partial charge in [-0.3, -0.25) is 4.90 Å². The fourth-order valence-corrected chi connectivity index (χ4v) is 3.47. The Morgan fingerprint density at radius 2 is 2.05 bits per heavy atom. The summed E-state index contributed by atoms with van der Waals surface area (Å²) in [6.45, 7) is 2.24. The van der Waals surface area contributed by atoms with Gasteiger partial charge in [-0.05, 0) is 30.5 Å². The molecule has 0 aliphatic carbocycles. The summed E-state index contributed by atoms with van der Waals surface area (Å²) in [5.74, 6) is -0.338. The van der Waals surface area contributed by atoms with Crippen molar-refractivity contribution in [2.24, 2.45) is 0 Å². The lowest BCUT2D eigenvalue weighted by molar-refractivity contribution is 0.200. The molecule has 0 aromatic heterocycles. The fraction of sp³-hybridized carbons (Fsp3) is 0.538. The third kappa shape index (κ3) is 4.70. The smallest absolute Gasteiger partial charge is 0.208 e. The van der Waals surface area contributed by atoms with Crippen molar-refractivity contribution in [3.63, 3.8) is 0 Å². The van der Waals surface area contributed by atoms with E-state index in [1.165, 1.54) is 18.4 Å². The van der Waals surface area contributed by atoms with Crippen molar-refractivity contribution in [1.29, 1.82) is 0 Å². The number of hydrogen-bond donors (Lipinski definition) is 1. The minimum absolute atomic E-state index is 0.00457. The van der Waals surface area contributed by atoms with Gasteiger partial charge in [-0.1, -0.05) is 17.7 Å². The molecule has 0 atom stereocenters. The Morgan fingerprint density at radius 1 is 1.40 bits per heavy atom. The van der Waals surface area contributed by atoms with E-state index in [1.54, 1.807) is 6.07 Å². The van der Waals surface area contributed by atoms with Crippen LogP contribution in [-0.4, -0.2) is 38.7 Å². The van der Waals surface area contributed by atoms with Crippen LogP contribution in [0.2, 0.25) is 5.02 Å². The van der Waals surface area contributed by atoms with Crippen molar-refractivity contribution < 1.29 is 12.8 Å². The molecule has 112 valence electrons. The number of halogens is 2. The Balaban J connectivity index is 1.88. The molecule has 0 radical (unpaired) electrons. The molecule has 0 spiro atoms. The summed E-state index contributed by atoms with van der Waals surface area (Å²) in [6.07, 6.45) is 2.72. The van der Waals surface area contributed by atoms with Crippen molar-refractivity contribution >= 4 is 21.6 Å². The van der Waals surface area contributed by atoms with Crippen LogP contribution in [0.15, 0.2) is 18.2 Å². The molecule has 1 aliphatic heterocycles. The molecule has 0 amide bonds. The molecule has 4 nitrogen and oxygen atoms in total. The van der Waals surface area contributed by atoms with Gasteiger partial charge in [0.05, 0.1) is 6.26 Å². The highest BCUT2D eigenvalue weighted by molar-refractivity contribution is 7.88. The number of rotatable bonds is 4. The zero-order valence-electron chi connectivity index (χ0n) is 11.3. The minimum atomic E-state index is -3.14. The maximum Gasteiger partial charge on any atom is 0.208 e. The first-order chi connectivity index (χ1) is 9.33. The lowest BCUT2D eigenvalue weighted by atomic mass is 10.1. The molecular weight excluding hydrogens is 303 g/mol. The van der Waals surface area contributed by atoms with Crippen LogP contribution in [0.25, 0.3) is 0 Å². The van der Waals surface area contributed by atoms with Crippen molar-refractivity contribution in [3.05, 3.63) is 34.6 Å². The van der Waals surface area contributed by atoms with Crippen molar-refractivity contribution in [2.45, 2.75) is 25.4 Å². The van der Waals surface area contributed by atoms with E-state index in [2.05, 4.69) is 9.62 Å². The lowest BCUT2D eigenvalue weighted by Crippen LogP contribution is -2.43. The molecule has 1 fully saturated rings. The second-order valence-corrected chi connectivity index (χ2v) is 7.36. The van der Waals surface area contributed by atoms with Gasteiger partial charge in [-0.2, -0.15) is 0 Å². The van der Waals surface area contributed by atoms with Gasteiger partial charge in [0, 0.05) is 30.7 Å². The average Bonchev–Trinajstić information content (AvgIpc) is 2.33. The van der Waals surface area contributed by atoms with E-state index in [9.17, 15) is 12.8 Å². The topological polar surface area (TPSA) is 49.4 Å². The highest BCUT2D eigenvalue weighted by Crippen LogP contribution is 2.21. The summed E-state index contributed by atoms with van der Waals surface area (Å²) < 4.78 is 37.9. The molecule has 1 aromatic carbocycles. The van der Waals surface area contributed by atoms with Crippen LogP contribution >= 0.6 is 11.6 Å². The Bertz CT molecular complexity index is 572. The highest BCUT2D eigenvalue weighted by Gasteiger charge is 2.22. The molecule has 1 aliphatic rings. The second-order valence-electron chi connectivity index (χ2n) is 5.18. The van der Waals surface area contributed by atoms with E-state index in [-0.39, 0.29) is 11.9 Å². The van der Waals surface area contributed by atoms with Crippen molar-refractivity contribution in [2.75, 3.05) is 19.3 Å². The Labute approximate surface area is 124 Å². The van der Waals surface area contributed by atoms with Gasteiger partial charge in [0.15, 0.2) is 0 Å². The summed E-state index contributed by atoms with van der Waals surface area (Å²) in [7, 11) is -3.14. The molecule has 7 heteroatoms. The summed E-state index contributed by atoms with van der Waals surface area (Å²) in [5, 5.41) is 0.432. The fourth-order valence-electron chi connectivity index (χ4n) is 2.40. The summed E-state index contributed by atoms with van der Waals surface area (Å²) in [5.41, 5.74) is 0.891. The van der Waals surface area contributed by atoms with E-state index in [0.717, 1.165) is 31.5 Å². The predicted molar refractivity (Wildman–Crippen MR) is 77.7 cm³/mol. The molecule has 0 saturated carbocycles. The number of likely N-dealkylation sites (tertiary alicyclic amines) is 1. The van der Waals surface area contributed by atoms with Crippen LogP contribution in [0.4, 0.5) is 4.39 Å². The number of hydrogen-bond acceptors (Lipinski definition) is 3. The zero-order chi connectivity index (χ0) is 14.8. The normalized spacial score (nSPS) is 18.4. The molecule has 0 unspecified atom stereocenters. The summed E-state index contributed by atoms with van der Waals surface area (Å²) in [6, 6.07) is 4.41. The number of sulfonamides is 1. The first-order valence-corrected chi connectivity index (χ1v) is 8.74. The molecule has 0 bridgehead atoms. The van der Waals surface area contributed by atoms with Crippen LogP contribution in [-0.2, 0) is 16.6 Å². The third-order valence-electron chi connectivity index (χ3n) is 3.38. The second kappa shape index (κ2) is 6.39. The monoisotopic (exact) mass is 320 g/mol. The molecule has 1 aromatic rings. The quantitative estimate of drug-likeness (QED) is 0.923. The number of piperidine rings is 1. The molecule has 2 rings (SSSR count). The van der Waals surface area contributed by atoms with Gasteiger partial charge in [0.1, 0.15) is 5.82 Å². The summed E-state index contributed by atoms with van der Waals surface area (Å²) in [4.78, 5) is 2.19. The first kappa shape index (κ1) is 15.7. The number of nitrogens with zero attached hydrogens (tertiary/aromatic N) is 1. The Hall–Kier alpha value is -0.690. The lowest BCUT2D eigenvalue weighted by Gasteiger charge is -2.32. The molecule has 1 saturated heterocycles. The van der Waals surface area contributed by atoms with Crippen LogP contribution < -0.4 is 4.72 Å². The molecule has 1 N–H and O–H groups in total. The van der Waals surface area contributed by atoms with Crippen molar-refractivity contribution in [1.82, 2.24) is 9.62 Å². The van der Waals surface area contributed by atoms with Crippen molar-refractivity contribution in [3.8, 4) is 0 Å². The van der Waals surface area contributed by atoms with Gasteiger partial charge in [0.2, 0.25) is 10.0 Å². The summed E-state index contributed by atoms with van der Waals surface area (Å²) >= 11 is 6.01. The van der Waals surface area contributed by atoms with E-state index >= 15 is 0 Å². The Kier molecular flexibility index (Phi) is 5.01. The van der Waals surface area contributed by atoms with Gasteiger partial charge in [0.25, 0.3) is 0 Å². The zero-order valence-corrected chi connectivity index (χ0v) is 12.8. The average molecular weight is 321 g/mol. The molecule has 1 heterocycles. The van der Waals surface area contributed by atoms with E-state index in [1.807, 2.05) is 0 Å². The predicted octanol–water partition coefficient (Wildman–Crippen LogP) is 1.99. The highest BCUT2D eigenvalue weighted by atomic mass is 35.5. The molecular formula is C13H18ClFN2O2S. The maximum atomic E-state index is 13.0. The van der Waals surface area contributed by atoms with E-state index in [0.29, 0.717) is 11.6 Å². The van der Waals surface area contributed by atoms with E-state index in [4.69, 9.17) is 11.6 Å². The molecule has 20 heavy (non-hydrogen) atoms. The van der Waals surface area contributed by atoms with E-state index < -0.39 is 10.0 Å². The minimum Gasteiger partial charge on any atom is -0.299 e. The largest absolute Gasteiger partial charge is 0.299 e. The van der Waals surface area contributed by atoms with Gasteiger partial charge in [-0.25, -0.2) is 17.5 Å². The number of nitrogens with one attached hydrogen (secondary N) is 1. The third-order valence-corrected chi connectivity index (χ3v) is 4.49. The number of benzene rings is 1. The standard InChI is InChI=1S/C13H18ClFN2O2S/c1-20(18,19)16-12-4-6-17(7-5-12)9-10-2-3-11(15)8-13(10)14/h2-3,8,12,16H,4-7,9H2,1H3. The SMILES string of the molecule is CS(=O)(=O)NC1CCN(Cc2ccc(F)cc2Cl)CC1. The van der Waals surface area contributed by atoms with Crippen LogP contribution in [0.3, 0.4) is 0 Å².